The lowest BCUT2D eigenvalue weighted by Crippen LogP contribution is -2.50. The number of hydrogen-bond donors (Lipinski definition) is 0. The summed E-state index contributed by atoms with van der Waals surface area (Å²) in [5, 5.41) is 0. The molecule has 3 heterocycles. The largest absolute Gasteiger partial charge is 0.374 e. The van der Waals surface area contributed by atoms with Crippen LogP contribution in [0.2, 0.25) is 0 Å². The zero-order valence-electron chi connectivity index (χ0n) is 11.3. The summed E-state index contributed by atoms with van der Waals surface area (Å²) in [6, 6.07) is 0. The zero-order valence-corrected chi connectivity index (χ0v) is 11.3. The topological polar surface area (TPSA) is 21.7 Å². The molecule has 2 bridgehead atoms. The standard InChI is InChI=1S/C15H23NO2/c1-17-14-5-3-4-12(15(14)18-2)13-10-16-8-6-11(13)7-9-16/h3-5,11,13-15H,6-10H2,1-2H3. The second-order valence-corrected chi connectivity index (χ2v) is 5.65. The maximum absolute atomic E-state index is 5.71. The summed E-state index contributed by atoms with van der Waals surface area (Å²) in [5.74, 6) is 1.52. The highest BCUT2D eigenvalue weighted by Crippen LogP contribution is 2.39. The number of piperidine rings is 3. The quantitative estimate of drug-likeness (QED) is 0.762. The summed E-state index contributed by atoms with van der Waals surface area (Å²) in [7, 11) is 3.56. The van der Waals surface area contributed by atoms with Crippen LogP contribution in [-0.2, 0) is 9.47 Å². The summed E-state index contributed by atoms with van der Waals surface area (Å²) in [5.41, 5.74) is 1.45. The van der Waals surface area contributed by atoms with Crippen molar-refractivity contribution in [2.45, 2.75) is 25.0 Å². The second kappa shape index (κ2) is 5.16. The van der Waals surface area contributed by atoms with E-state index in [0.717, 1.165) is 5.92 Å². The van der Waals surface area contributed by atoms with Crippen LogP contribution in [0.15, 0.2) is 23.8 Å². The van der Waals surface area contributed by atoms with E-state index in [1.807, 2.05) is 0 Å². The molecule has 4 aliphatic rings. The van der Waals surface area contributed by atoms with Gasteiger partial charge in [0.1, 0.15) is 12.2 Å². The average molecular weight is 249 g/mol. The molecule has 3 aliphatic heterocycles. The lowest BCUT2D eigenvalue weighted by atomic mass is 9.72. The second-order valence-electron chi connectivity index (χ2n) is 5.65. The van der Waals surface area contributed by atoms with Crippen molar-refractivity contribution in [1.82, 2.24) is 4.90 Å². The Morgan fingerprint density at radius 3 is 2.50 bits per heavy atom. The molecule has 0 aromatic carbocycles. The first-order valence-corrected chi connectivity index (χ1v) is 6.99. The molecule has 3 nitrogen and oxygen atoms in total. The van der Waals surface area contributed by atoms with E-state index in [1.165, 1.54) is 38.0 Å². The van der Waals surface area contributed by atoms with Gasteiger partial charge in [-0.3, -0.25) is 0 Å². The predicted molar refractivity (Wildman–Crippen MR) is 71.5 cm³/mol. The van der Waals surface area contributed by atoms with E-state index in [2.05, 4.69) is 23.1 Å². The summed E-state index contributed by atoms with van der Waals surface area (Å²) in [6.07, 6.45) is 9.36. The molecule has 3 fully saturated rings. The SMILES string of the molecule is COC1C=CC=C(C2CN3CCC2CC3)C1OC. The summed E-state index contributed by atoms with van der Waals surface area (Å²) in [6.45, 7) is 3.78. The van der Waals surface area contributed by atoms with Gasteiger partial charge in [0.2, 0.25) is 0 Å². The van der Waals surface area contributed by atoms with Crippen molar-refractivity contribution in [3.8, 4) is 0 Å². The van der Waals surface area contributed by atoms with E-state index in [0.29, 0.717) is 5.92 Å². The number of nitrogens with zero attached hydrogens (tertiary/aromatic N) is 1. The summed E-state index contributed by atoms with van der Waals surface area (Å²) in [4.78, 5) is 2.60. The highest BCUT2D eigenvalue weighted by Gasteiger charge is 2.40. The Balaban J connectivity index is 1.82. The molecule has 3 unspecified atom stereocenters. The molecule has 1 aliphatic carbocycles. The van der Waals surface area contributed by atoms with Crippen molar-refractivity contribution in [1.29, 1.82) is 0 Å². The molecule has 18 heavy (non-hydrogen) atoms. The van der Waals surface area contributed by atoms with Gasteiger partial charge in [-0.15, -0.1) is 0 Å². The molecule has 3 saturated heterocycles. The van der Waals surface area contributed by atoms with Crippen LogP contribution in [0.3, 0.4) is 0 Å². The summed E-state index contributed by atoms with van der Waals surface area (Å²) < 4.78 is 11.2. The highest BCUT2D eigenvalue weighted by atomic mass is 16.5. The molecule has 0 saturated carbocycles. The number of rotatable bonds is 3. The minimum Gasteiger partial charge on any atom is -0.374 e. The first-order valence-electron chi connectivity index (χ1n) is 6.99. The smallest absolute Gasteiger partial charge is 0.108 e. The van der Waals surface area contributed by atoms with Crippen LogP contribution in [0.1, 0.15) is 12.8 Å². The minimum absolute atomic E-state index is 0.0745. The Kier molecular flexibility index (Phi) is 3.55. The monoisotopic (exact) mass is 249 g/mol. The molecule has 0 aromatic heterocycles. The van der Waals surface area contributed by atoms with Crippen LogP contribution < -0.4 is 0 Å². The molecule has 0 radical (unpaired) electrons. The van der Waals surface area contributed by atoms with E-state index in [9.17, 15) is 0 Å². The van der Waals surface area contributed by atoms with Gasteiger partial charge in [-0.05, 0) is 43.3 Å². The van der Waals surface area contributed by atoms with Crippen LogP contribution in [0.4, 0.5) is 0 Å². The molecule has 0 spiro atoms. The highest BCUT2D eigenvalue weighted by molar-refractivity contribution is 5.29. The van der Waals surface area contributed by atoms with E-state index < -0.39 is 0 Å². The molecular formula is C15H23NO2. The molecular weight excluding hydrogens is 226 g/mol. The first-order chi connectivity index (χ1) is 8.83. The Bertz CT molecular complexity index is 356. The number of fused-ring (bicyclic) bond motifs is 3. The first kappa shape index (κ1) is 12.4. The molecule has 4 rings (SSSR count). The summed E-state index contributed by atoms with van der Waals surface area (Å²) >= 11 is 0. The Morgan fingerprint density at radius 2 is 1.94 bits per heavy atom. The maximum Gasteiger partial charge on any atom is 0.108 e. The van der Waals surface area contributed by atoms with E-state index >= 15 is 0 Å². The van der Waals surface area contributed by atoms with Gasteiger partial charge in [-0.1, -0.05) is 18.2 Å². The van der Waals surface area contributed by atoms with Crippen molar-refractivity contribution in [2.75, 3.05) is 33.9 Å². The van der Waals surface area contributed by atoms with Gasteiger partial charge in [0.15, 0.2) is 0 Å². The fraction of sp³-hybridized carbons (Fsp3) is 0.733. The van der Waals surface area contributed by atoms with Crippen molar-refractivity contribution in [2.24, 2.45) is 11.8 Å². The van der Waals surface area contributed by atoms with Gasteiger partial charge >= 0.3 is 0 Å². The minimum atomic E-state index is 0.0745. The molecule has 3 atom stereocenters. The van der Waals surface area contributed by atoms with Crippen LogP contribution in [0, 0.1) is 11.8 Å². The van der Waals surface area contributed by atoms with Crippen LogP contribution in [-0.4, -0.2) is 51.0 Å². The maximum atomic E-state index is 5.71. The van der Waals surface area contributed by atoms with Gasteiger partial charge < -0.3 is 14.4 Å². The van der Waals surface area contributed by atoms with Gasteiger partial charge in [0.25, 0.3) is 0 Å². The molecule has 0 aromatic rings. The van der Waals surface area contributed by atoms with Crippen LogP contribution in [0.5, 0.6) is 0 Å². The van der Waals surface area contributed by atoms with Crippen molar-refractivity contribution < 1.29 is 9.47 Å². The van der Waals surface area contributed by atoms with Gasteiger partial charge in [0, 0.05) is 20.8 Å². The molecule has 100 valence electrons. The molecule has 0 N–H and O–H groups in total. The molecule has 0 amide bonds. The third-order valence-electron chi connectivity index (χ3n) is 4.83. The Hall–Kier alpha value is -0.640. The van der Waals surface area contributed by atoms with Gasteiger partial charge in [-0.25, -0.2) is 0 Å². The van der Waals surface area contributed by atoms with Gasteiger partial charge in [-0.2, -0.15) is 0 Å². The lowest BCUT2D eigenvalue weighted by Gasteiger charge is -2.47. The number of methoxy groups -OCH3 is 2. The normalized spacial score (nSPS) is 43.0. The van der Waals surface area contributed by atoms with E-state index in [4.69, 9.17) is 9.47 Å². The predicted octanol–water partition coefficient (Wildman–Crippen LogP) is 1.85. The fourth-order valence-corrected chi connectivity index (χ4v) is 3.81. The molecule has 3 heteroatoms. The number of ether oxygens (including phenoxy) is 2. The van der Waals surface area contributed by atoms with Crippen LogP contribution >= 0.6 is 0 Å². The van der Waals surface area contributed by atoms with E-state index in [1.54, 1.807) is 14.2 Å². The fourth-order valence-electron chi connectivity index (χ4n) is 3.81. The number of allylic oxidation sites excluding steroid dienone is 2. The third kappa shape index (κ3) is 2.04. The van der Waals surface area contributed by atoms with Gasteiger partial charge in [0.05, 0.1) is 0 Å². The van der Waals surface area contributed by atoms with E-state index in [-0.39, 0.29) is 12.2 Å². The van der Waals surface area contributed by atoms with Crippen molar-refractivity contribution >= 4 is 0 Å². The van der Waals surface area contributed by atoms with Crippen molar-refractivity contribution in [3.05, 3.63) is 23.8 Å². The zero-order chi connectivity index (χ0) is 12.5. The number of hydrogen-bond acceptors (Lipinski definition) is 3. The third-order valence-corrected chi connectivity index (χ3v) is 4.83. The average Bonchev–Trinajstić information content (AvgIpc) is 2.47. The van der Waals surface area contributed by atoms with Crippen molar-refractivity contribution in [3.63, 3.8) is 0 Å². The van der Waals surface area contributed by atoms with Crippen LogP contribution in [0.25, 0.3) is 0 Å². The lowest BCUT2D eigenvalue weighted by molar-refractivity contribution is -0.0125. The Labute approximate surface area is 109 Å². The Morgan fingerprint density at radius 1 is 1.17 bits per heavy atom.